The Morgan fingerprint density at radius 1 is 1.10 bits per heavy atom. The Balaban J connectivity index is 1.48. The number of rotatable bonds is 9. The summed E-state index contributed by atoms with van der Waals surface area (Å²) in [5.74, 6) is -0.0939. The molecule has 2 aliphatic rings. The van der Waals surface area contributed by atoms with Crippen LogP contribution in [0.25, 0.3) is 0 Å². The lowest BCUT2D eigenvalue weighted by atomic mass is 10.1. The largest absolute Gasteiger partial charge is 0.481 e. The first-order chi connectivity index (χ1) is 10.2. The van der Waals surface area contributed by atoms with Gasteiger partial charge in [0.2, 0.25) is 0 Å². The van der Waals surface area contributed by atoms with Crippen molar-refractivity contribution in [2.24, 2.45) is 5.92 Å². The highest BCUT2D eigenvalue weighted by Crippen LogP contribution is 2.38. The Bertz CT molecular complexity index is 358. The number of carboxylic acids is 1. The van der Waals surface area contributed by atoms with E-state index in [0.717, 1.165) is 32.3 Å². The molecule has 2 fully saturated rings. The highest BCUT2D eigenvalue weighted by Gasteiger charge is 2.41. The van der Waals surface area contributed by atoms with Crippen LogP contribution in [0.4, 0.5) is 4.79 Å². The number of carbonyl (C=O) groups is 2. The van der Waals surface area contributed by atoms with Gasteiger partial charge in [-0.3, -0.25) is 4.79 Å². The minimum absolute atomic E-state index is 0.110. The van der Waals surface area contributed by atoms with Gasteiger partial charge in [0.1, 0.15) is 0 Å². The molecule has 2 unspecified atom stereocenters. The zero-order valence-electron chi connectivity index (χ0n) is 12.5. The molecule has 0 radical (unpaired) electrons. The number of aliphatic carboxylic acids is 1. The fourth-order valence-electron chi connectivity index (χ4n) is 2.83. The van der Waals surface area contributed by atoms with Crippen molar-refractivity contribution in [3.63, 3.8) is 0 Å². The van der Waals surface area contributed by atoms with Gasteiger partial charge >= 0.3 is 12.0 Å². The van der Waals surface area contributed by atoms with Crippen LogP contribution in [-0.4, -0.2) is 42.4 Å². The van der Waals surface area contributed by atoms with Gasteiger partial charge in [0.05, 0.1) is 12.1 Å². The molecule has 0 aromatic rings. The van der Waals surface area contributed by atoms with E-state index in [1.54, 1.807) is 0 Å². The minimum Gasteiger partial charge on any atom is -0.481 e. The van der Waals surface area contributed by atoms with Crippen LogP contribution >= 0.6 is 0 Å². The van der Waals surface area contributed by atoms with Crippen LogP contribution in [0.5, 0.6) is 0 Å². The lowest BCUT2D eigenvalue weighted by molar-refractivity contribution is -0.137. The molecule has 1 heterocycles. The summed E-state index contributed by atoms with van der Waals surface area (Å²) in [6.07, 6.45) is 7.25. The molecule has 21 heavy (non-hydrogen) atoms. The van der Waals surface area contributed by atoms with Crippen molar-refractivity contribution in [3.8, 4) is 0 Å². The second-order valence-electron chi connectivity index (χ2n) is 6.03. The first-order valence-corrected chi connectivity index (χ1v) is 8.04. The van der Waals surface area contributed by atoms with Crippen molar-refractivity contribution >= 4 is 12.0 Å². The van der Waals surface area contributed by atoms with Crippen molar-refractivity contribution < 1.29 is 19.4 Å². The Labute approximate surface area is 125 Å². The molecule has 1 saturated heterocycles. The number of carboxylic acid groups (broad SMARTS) is 1. The number of hydrogen-bond acceptors (Lipinski definition) is 3. The molecular formula is C15H26N2O4. The van der Waals surface area contributed by atoms with Crippen molar-refractivity contribution in [1.82, 2.24) is 10.6 Å². The summed E-state index contributed by atoms with van der Waals surface area (Å²) in [7, 11) is 0. The van der Waals surface area contributed by atoms with Crippen LogP contribution in [0.1, 0.15) is 51.4 Å². The summed E-state index contributed by atoms with van der Waals surface area (Å²) < 4.78 is 5.69. The number of nitrogens with one attached hydrogen (secondary N) is 2. The zero-order valence-corrected chi connectivity index (χ0v) is 12.5. The molecule has 0 aromatic heterocycles. The average molecular weight is 298 g/mol. The molecular weight excluding hydrogens is 272 g/mol. The summed E-state index contributed by atoms with van der Waals surface area (Å²) in [6.45, 7) is 1.39. The van der Waals surface area contributed by atoms with Gasteiger partial charge in [-0.2, -0.15) is 0 Å². The highest BCUT2D eigenvalue weighted by molar-refractivity contribution is 5.74. The second kappa shape index (κ2) is 8.22. The van der Waals surface area contributed by atoms with Crippen molar-refractivity contribution in [3.05, 3.63) is 0 Å². The Morgan fingerprint density at radius 2 is 1.86 bits per heavy atom. The molecule has 2 rings (SSSR count). The summed E-state index contributed by atoms with van der Waals surface area (Å²) in [5, 5.41) is 14.4. The topological polar surface area (TPSA) is 87.7 Å². The van der Waals surface area contributed by atoms with E-state index in [4.69, 9.17) is 9.84 Å². The van der Waals surface area contributed by atoms with E-state index in [1.165, 1.54) is 12.8 Å². The van der Waals surface area contributed by atoms with Crippen LogP contribution < -0.4 is 10.6 Å². The number of hydrogen-bond donors (Lipinski definition) is 3. The van der Waals surface area contributed by atoms with Gasteiger partial charge in [0, 0.05) is 19.6 Å². The third-order valence-electron chi connectivity index (χ3n) is 4.14. The molecule has 6 nitrogen and oxygen atoms in total. The molecule has 0 bridgehead atoms. The zero-order chi connectivity index (χ0) is 15.1. The molecule has 2 atom stereocenters. The van der Waals surface area contributed by atoms with Crippen LogP contribution in [0.2, 0.25) is 0 Å². The highest BCUT2D eigenvalue weighted by atomic mass is 16.5. The van der Waals surface area contributed by atoms with Crippen LogP contribution in [0.15, 0.2) is 0 Å². The van der Waals surface area contributed by atoms with Crippen LogP contribution in [0.3, 0.4) is 0 Å². The number of unbranched alkanes of at least 4 members (excludes halogenated alkanes) is 3. The maximum atomic E-state index is 11.8. The molecule has 6 heteroatoms. The average Bonchev–Trinajstić information content (AvgIpc) is 3.18. The molecule has 1 aliphatic heterocycles. The predicted octanol–water partition coefficient (Wildman–Crippen LogP) is 1.89. The smallest absolute Gasteiger partial charge is 0.315 e. The van der Waals surface area contributed by atoms with Crippen LogP contribution in [-0.2, 0) is 9.53 Å². The quantitative estimate of drug-likeness (QED) is 0.567. The Kier molecular flexibility index (Phi) is 6.29. The van der Waals surface area contributed by atoms with Gasteiger partial charge in [0.15, 0.2) is 0 Å². The maximum Gasteiger partial charge on any atom is 0.315 e. The standard InChI is InChI=1S/C15H26N2O4/c18-13(19)5-3-1-2-4-9-16-15(20)17-12-8-10-21-14(12)11-6-7-11/h11-12,14H,1-10H2,(H,18,19)(H2,16,17,20). The van der Waals surface area contributed by atoms with Crippen molar-refractivity contribution in [2.45, 2.75) is 63.5 Å². The fourth-order valence-corrected chi connectivity index (χ4v) is 2.83. The van der Waals surface area contributed by atoms with Gasteiger partial charge < -0.3 is 20.5 Å². The predicted molar refractivity (Wildman–Crippen MR) is 78.1 cm³/mol. The number of amides is 2. The first-order valence-electron chi connectivity index (χ1n) is 8.04. The number of carbonyl (C=O) groups excluding carboxylic acids is 1. The molecule has 0 aromatic carbocycles. The van der Waals surface area contributed by atoms with E-state index in [2.05, 4.69) is 10.6 Å². The van der Waals surface area contributed by atoms with Crippen molar-refractivity contribution in [2.75, 3.05) is 13.2 Å². The normalized spacial score (nSPS) is 24.8. The minimum atomic E-state index is -0.739. The maximum absolute atomic E-state index is 11.8. The third-order valence-corrected chi connectivity index (χ3v) is 4.14. The molecule has 1 saturated carbocycles. The van der Waals surface area contributed by atoms with Gasteiger partial charge in [-0.05, 0) is 38.0 Å². The number of urea groups is 1. The van der Waals surface area contributed by atoms with E-state index < -0.39 is 5.97 Å². The van der Waals surface area contributed by atoms with Crippen LogP contribution in [0, 0.1) is 5.92 Å². The summed E-state index contributed by atoms with van der Waals surface area (Å²) in [6, 6.07) is 0.0507. The molecule has 2 amide bonds. The summed E-state index contributed by atoms with van der Waals surface area (Å²) >= 11 is 0. The first kappa shape index (κ1) is 16.1. The molecule has 120 valence electrons. The van der Waals surface area contributed by atoms with E-state index in [1.807, 2.05) is 0 Å². The summed E-state index contributed by atoms with van der Waals surface area (Å²) in [4.78, 5) is 22.2. The van der Waals surface area contributed by atoms with E-state index >= 15 is 0 Å². The van der Waals surface area contributed by atoms with Crippen molar-refractivity contribution in [1.29, 1.82) is 0 Å². The number of ether oxygens (including phenoxy) is 1. The second-order valence-corrected chi connectivity index (χ2v) is 6.03. The van der Waals surface area contributed by atoms with E-state index in [0.29, 0.717) is 18.9 Å². The lowest BCUT2D eigenvalue weighted by Gasteiger charge is -2.19. The summed E-state index contributed by atoms with van der Waals surface area (Å²) in [5.41, 5.74) is 0. The van der Waals surface area contributed by atoms with Gasteiger partial charge in [-0.15, -0.1) is 0 Å². The lowest BCUT2D eigenvalue weighted by Crippen LogP contribution is -2.46. The molecule has 3 N–H and O–H groups in total. The van der Waals surface area contributed by atoms with Gasteiger partial charge in [-0.25, -0.2) is 4.79 Å². The van der Waals surface area contributed by atoms with Gasteiger partial charge in [0.25, 0.3) is 0 Å². The Morgan fingerprint density at radius 3 is 2.57 bits per heavy atom. The van der Waals surface area contributed by atoms with E-state index in [9.17, 15) is 9.59 Å². The molecule has 0 spiro atoms. The molecule has 1 aliphatic carbocycles. The van der Waals surface area contributed by atoms with Gasteiger partial charge in [-0.1, -0.05) is 12.8 Å². The third kappa shape index (κ3) is 5.91. The SMILES string of the molecule is O=C(O)CCCCCCNC(=O)NC1CCOC1C1CC1. The fraction of sp³-hybridized carbons (Fsp3) is 0.867. The Hall–Kier alpha value is -1.30. The van der Waals surface area contributed by atoms with E-state index in [-0.39, 0.29) is 24.6 Å². The monoisotopic (exact) mass is 298 g/mol.